The van der Waals surface area contributed by atoms with E-state index in [4.69, 9.17) is 9.29 Å². The summed E-state index contributed by atoms with van der Waals surface area (Å²) < 4.78 is 37.0. The van der Waals surface area contributed by atoms with Gasteiger partial charge in [0.05, 0.1) is 16.7 Å². The van der Waals surface area contributed by atoms with E-state index in [0.29, 0.717) is 25.2 Å². The molecule has 2 N–H and O–H groups in total. The van der Waals surface area contributed by atoms with Crippen molar-refractivity contribution < 1.29 is 32.1 Å². The van der Waals surface area contributed by atoms with Crippen LogP contribution in [-0.4, -0.2) is 42.9 Å². The van der Waals surface area contributed by atoms with Gasteiger partial charge in [0.2, 0.25) is 0 Å². The number of nitrogens with one attached hydrogen (secondary N) is 1. The number of carbonyl (C=O) groups is 3. The summed E-state index contributed by atoms with van der Waals surface area (Å²) >= 11 is 2.05. The molecule has 0 heterocycles. The summed E-state index contributed by atoms with van der Waals surface area (Å²) in [5.74, 6) is -0.986. The fourth-order valence-corrected chi connectivity index (χ4v) is 6.18. The first-order chi connectivity index (χ1) is 14.1. The first kappa shape index (κ1) is 21.7. The van der Waals surface area contributed by atoms with E-state index >= 15 is 0 Å². The van der Waals surface area contributed by atoms with Gasteiger partial charge >= 0.3 is 5.97 Å². The standard InChI is InChI=1S/C20H22INO7S/c21-14-1-2-15(18(24)22-3-4-30(26,27)28)16(7-14)29-19(25)20-8-11-5-12(9-20)17(23)13(6-11)10-20/h1-2,7,11-13H,3-6,8-10H2,(H,22,24)(H,26,27,28). The molecule has 2 unspecified atom stereocenters. The molecule has 162 valence electrons. The van der Waals surface area contributed by atoms with Crippen LogP contribution in [0, 0.1) is 26.7 Å². The molecule has 0 aliphatic heterocycles. The topological polar surface area (TPSA) is 127 Å². The third kappa shape index (κ3) is 4.26. The zero-order chi connectivity index (χ0) is 21.7. The van der Waals surface area contributed by atoms with Crippen LogP contribution < -0.4 is 10.1 Å². The van der Waals surface area contributed by atoms with E-state index in [0.717, 1.165) is 16.4 Å². The molecule has 0 aromatic heterocycles. The predicted octanol–water partition coefficient (Wildman–Crippen LogP) is 2.21. The Morgan fingerprint density at radius 3 is 2.50 bits per heavy atom. The van der Waals surface area contributed by atoms with Crippen LogP contribution in [0.25, 0.3) is 0 Å². The zero-order valence-electron chi connectivity index (χ0n) is 16.1. The Labute approximate surface area is 188 Å². The van der Waals surface area contributed by atoms with Gasteiger partial charge in [0.1, 0.15) is 11.5 Å². The normalized spacial score (nSPS) is 29.7. The molecule has 4 saturated carbocycles. The minimum Gasteiger partial charge on any atom is -0.425 e. The van der Waals surface area contributed by atoms with Crippen molar-refractivity contribution in [3.63, 3.8) is 0 Å². The number of hydrogen-bond donors (Lipinski definition) is 2. The lowest BCUT2D eigenvalue weighted by molar-refractivity contribution is -0.166. The molecule has 4 bridgehead atoms. The van der Waals surface area contributed by atoms with Gasteiger partial charge in [0.15, 0.2) is 0 Å². The summed E-state index contributed by atoms with van der Waals surface area (Å²) in [7, 11) is -4.20. The molecule has 10 heteroatoms. The maximum atomic E-state index is 13.2. The van der Waals surface area contributed by atoms with E-state index in [-0.39, 0.29) is 35.5 Å². The molecule has 0 radical (unpaired) electrons. The molecular formula is C20H22INO7S. The number of ketones is 1. The molecule has 4 aliphatic rings. The van der Waals surface area contributed by atoms with Crippen molar-refractivity contribution in [3.05, 3.63) is 27.3 Å². The third-order valence-electron chi connectivity index (χ3n) is 6.46. The van der Waals surface area contributed by atoms with Crippen molar-refractivity contribution in [1.29, 1.82) is 0 Å². The Kier molecular flexibility index (Phi) is 5.69. The van der Waals surface area contributed by atoms with Gasteiger partial charge < -0.3 is 10.1 Å². The lowest BCUT2D eigenvalue weighted by Crippen LogP contribution is -2.55. The lowest BCUT2D eigenvalue weighted by atomic mass is 9.49. The van der Waals surface area contributed by atoms with E-state index in [1.54, 1.807) is 12.1 Å². The first-order valence-electron chi connectivity index (χ1n) is 9.85. The number of hydrogen-bond acceptors (Lipinski definition) is 6. The number of esters is 1. The molecule has 4 aliphatic carbocycles. The van der Waals surface area contributed by atoms with E-state index in [2.05, 4.69) is 5.32 Å². The molecule has 5 rings (SSSR count). The van der Waals surface area contributed by atoms with Crippen molar-refractivity contribution in [2.75, 3.05) is 12.3 Å². The van der Waals surface area contributed by atoms with Gasteiger partial charge in [-0.2, -0.15) is 8.42 Å². The van der Waals surface area contributed by atoms with Crippen molar-refractivity contribution in [2.24, 2.45) is 23.2 Å². The van der Waals surface area contributed by atoms with Crippen molar-refractivity contribution in [3.8, 4) is 5.75 Å². The van der Waals surface area contributed by atoms with Crippen molar-refractivity contribution >= 4 is 50.4 Å². The molecule has 1 aromatic rings. The second-order valence-corrected chi connectivity index (χ2v) is 11.4. The number of halogens is 1. The minimum absolute atomic E-state index is 0.0668. The Balaban J connectivity index is 1.52. The highest BCUT2D eigenvalue weighted by Crippen LogP contribution is 2.59. The summed E-state index contributed by atoms with van der Waals surface area (Å²) in [5.41, 5.74) is -0.565. The molecular weight excluding hydrogens is 525 g/mol. The van der Waals surface area contributed by atoms with Crippen molar-refractivity contribution in [1.82, 2.24) is 5.32 Å². The summed E-state index contributed by atoms with van der Waals surface area (Å²) in [6, 6.07) is 4.77. The average molecular weight is 547 g/mol. The van der Waals surface area contributed by atoms with Crippen LogP contribution in [0.4, 0.5) is 0 Å². The fourth-order valence-electron chi connectivity index (χ4n) is 5.36. The molecule has 0 spiro atoms. The van der Waals surface area contributed by atoms with Gasteiger partial charge in [-0.25, -0.2) is 0 Å². The van der Waals surface area contributed by atoms with E-state index in [1.807, 2.05) is 22.6 Å². The molecule has 8 nitrogen and oxygen atoms in total. The SMILES string of the molecule is O=C(NCCS(=O)(=O)O)c1ccc(I)cc1OC(=O)C12CC3CC(C1)C(=O)C(C3)C2. The van der Waals surface area contributed by atoms with Crippen LogP contribution in [0.15, 0.2) is 18.2 Å². The minimum atomic E-state index is -4.20. The van der Waals surface area contributed by atoms with Crippen LogP contribution in [0.5, 0.6) is 5.75 Å². The smallest absolute Gasteiger partial charge is 0.317 e. The maximum absolute atomic E-state index is 13.2. The largest absolute Gasteiger partial charge is 0.425 e. The van der Waals surface area contributed by atoms with Gasteiger partial charge in [0.25, 0.3) is 16.0 Å². The predicted molar refractivity (Wildman–Crippen MR) is 115 cm³/mol. The van der Waals surface area contributed by atoms with Crippen LogP contribution in [0.2, 0.25) is 0 Å². The van der Waals surface area contributed by atoms with Gasteiger partial charge in [-0.1, -0.05) is 0 Å². The molecule has 30 heavy (non-hydrogen) atoms. The lowest BCUT2D eigenvalue weighted by Gasteiger charge is -2.53. The van der Waals surface area contributed by atoms with Gasteiger partial charge in [-0.3, -0.25) is 18.9 Å². The number of carbonyl (C=O) groups excluding carboxylic acids is 3. The fraction of sp³-hybridized carbons (Fsp3) is 0.550. The van der Waals surface area contributed by atoms with Crippen LogP contribution in [0.1, 0.15) is 42.5 Å². The third-order valence-corrected chi connectivity index (χ3v) is 7.85. The molecule has 1 amide bonds. The Morgan fingerprint density at radius 2 is 1.87 bits per heavy atom. The summed E-state index contributed by atoms with van der Waals surface area (Å²) in [6.45, 7) is -0.270. The Morgan fingerprint density at radius 1 is 1.20 bits per heavy atom. The highest BCUT2D eigenvalue weighted by molar-refractivity contribution is 14.1. The number of amides is 1. The second-order valence-electron chi connectivity index (χ2n) is 8.60. The van der Waals surface area contributed by atoms with E-state index in [1.165, 1.54) is 6.07 Å². The molecule has 1 aromatic carbocycles. The molecule has 2 atom stereocenters. The average Bonchev–Trinajstić information content (AvgIpc) is 2.64. The quantitative estimate of drug-likeness (QED) is 0.242. The zero-order valence-corrected chi connectivity index (χ0v) is 19.1. The Bertz CT molecular complexity index is 1000. The number of rotatable bonds is 6. The summed E-state index contributed by atoms with van der Waals surface area (Å²) in [4.78, 5) is 38.1. The Hall–Kier alpha value is -1.53. The number of ether oxygens (including phenoxy) is 1. The van der Waals surface area contributed by atoms with E-state index in [9.17, 15) is 22.8 Å². The summed E-state index contributed by atoms with van der Waals surface area (Å²) in [5, 5.41) is 2.41. The second kappa shape index (κ2) is 7.86. The van der Waals surface area contributed by atoms with Gasteiger partial charge in [-0.05, 0) is 78.8 Å². The summed E-state index contributed by atoms with van der Waals surface area (Å²) in [6.07, 6.45) is 3.45. The van der Waals surface area contributed by atoms with Gasteiger partial charge in [-0.15, -0.1) is 0 Å². The van der Waals surface area contributed by atoms with Crippen molar-refractivity contribution in [2.45, 2.75) is 32.1 Å². The number of Topliss-reactive ketones (excluding diaryl/α,β-unsaturated/α-hetero) is 1. The highest BCUT2D eigenvalue weighted by atomic mass is 127. The maximum Gasteiger partial charge on any atom is 0.317 e. The number of benzene rings is 1. The van der Waals surface area contributed by atoms with Crippen LogP contribution in [0.3, 0.4) is 0 Å². The van der Waals surface area contributed by atoms with E-state index < -0.39 is 33.2 Å². The highest BCUT2D eigenvalue weighted by Gasteiger charge is 2.59. The monoisotopic (exact) mass is 547 g/mol. The van der Waals surface area contributed by atoms with Crippen LogP contribution in [-0.2, 0) is 19.7 Å². The van der Waals surface area contributed by atoms with Gasteiger partial charge in [0, 0.05) is 22.0 Å². The molecule has 4 fully saturated rings. The molecule has 0 saturated heterocycles. The van der Waals surface area contributed by atoms with Crippen LogP contribution >= 0.6 is 22.6 Å². The first-order valence-corrected chi connectivity index (χ1v) is 12.5.